The fraction of sp³-hybridized carbons (Fsp3) is 0.292. The summed E-state index contributed by atoms with van der Waals surface area (Å²) in [5, 5.41) is 19.3. The summed E-state index contributed by atoms with van der Waals surface area (Å²) < 4.78 is 32.7. The third kappa shape index (κ3) is 3.21. The molecule has 3 aromatic rings. The van der Waals surface area contributed by atoms with E-state index in [4.69, 9.17) is 21.4 Å². The van der Waals surface area contributed by atoms with Crippen LogP contribution in [0.15, 0.2) is 66.9 Å². The zero-order valence-corrected chi connectivity index (χ0v) is 17.6. The number of hydrogen-bond donors (Lipinski definition) is 2. The van der Waals surface area contributed by atoms with Gasteiger partial charge in [-0.05, 0) is 24.0 Å². The van der Waals surface area contributed by atoms with Crippen molar-refractivity contribution in [2.45, 2.75) is 36.4 Å². The second-order valence-corrected chi connectivity index (χ2v) is 8.06. The average Bonchev–Trinajstić information content (AvgIpc) is 3.22. The van der Waals surface area contributed by atoms with Crippen LogP contribution in [0.1, 0.15) is 47.6 Å². The standard InChI is InChI=1S/C23H18ClF2NO2.CH4O/c24-17-12-19-20(27-13-17)22(28)11-10-18(14-4-2-1-3-5-14)23(22,29-19)16-8-6-15(7-9-16)21(25)26;1-2/h1-9,12-13,18,21,28H,10-11H2;2H,1H3. The van der Waals surface area contributed by atoms with Crippen molar-refractivity contribution in [3.05, 3.63) is 94.3 Å². The third-order valence-corrected chi connectivity index (χ3v) is 6.38. The Morgan fingerprint density at radius 2 is 1.77 bits per heavy atom. The predicted octanol–water partition coefficient (Wildman–Crippen LogP) is 5.33. The van der Waals surface area contributed by atoms with E-state index < -0.39 is 17.6 Å². The number of ether oxygens (including phenoxy) is 1. The molecule has 2 heterocycles. The van der Waals surface area contributed by atoms with E-state index >= 15 is 0 Å². The lowest BCUT2D eigenvalue weighted by molar-refractivity contribution is -0.107. The number of aliphatic hydroxyl groups is 2. The van der Waals surface area contributed by atoms with E-state index in [9.17, 15) is 13.9 Å². The Bertz CT molecular complexity index is 1060. The number of aliphatic hydroxyl groups excluding tert-OH is 1. The minimum absolute atomic E-state index is 0.0698. The van der Waals surface area contributed by atoms with Crippen molar-refractivity contribution in [2.75, 3.05) is 7.11 Å². The van der Waals surface area contributed by atoms with Gasteiger partial charge in [-0.1, -0.05) is 66.2 Å². The number of nitrogens with zero attached hydrogens (tertiary/aromatic N) is 1. The SMILES string of the molecule is CO.OC12CCC(c3ccccc3)C1(c1ccc(C(F)F)cc1)Oc1cc(Cl)cnc12. The van der Waals surface area contributed by atoms with Gasteiger partial charge in [-0.2, -0.15) is 0 Å². The molecule has 2 aromatic carbocycles. The van der Waals surface area contributed by atoms with Gasteiger partial charge >= 0.3 is 0 Å². The predicted molar refractivity (Wildman–Crippen MR) is 113 cm³/mol. The van der Waals surface area contributed by atoms with Crippen LogP contribution in [0.2, 0.25) is 5.02 Å². The molecule has 31 heavy (non-hydrogen) atoms. The molecule has 0 radical (unpaired) electrons. The van der Waals surface area contributed by atoms with E-state index in [0.717, 1.165) is 12.7 Å². The molecule has 0 bridgehead atoms. The maximum Gasteiger partial charge on any atom is 0.263 e. The summed E-state index contributed by atoms with van der Waals surface area (Å²) in [5.74, 6) is 0.248. The quantitative estimate of drug-likeness (QED) is 0.571. The Hall–Kier alpha value is -2.54. The summed E-state index contributed by atoms with van der Waals surface area (Å²) in [6, 6.07) is 17.5. The van der Waals surface area contributed by atoms with Crippen LogP contribution in [0, 0.1) is 0 Å². The van der Waals surface area contributed by atoms with Crippen LogP contribution in [0.3, 0.4) is 0 Å². The normalized spacial score (nSPS) is 26.0. The Labute approximate surface area is 184 Å². The topological polar surface area (TPSA) is 62.6 Å². The number of fused-ring (bicyclic) bond motifs is 3. The second kappa shape index (κ2) is 8.19. The van der Waals surface area contributed by atoms with Crippen LogP contribution in [0.5, 0.6) is 5.75 Å². The van der Waals surface area contributed by atoms with E-state index in [0.29, 0.717) is 34.9 Å². The zero-order valence-electron chi connectivity index (χ0n) is 16.8. The summed E-state index contributed by atoms with van der Waals surface area (Å²) in [6.45, 7) is 0. The van der Waals surface area contributed by atoms with Gasteiger partial charge in [0.1, 0.15) is 11.4 Å². The van der Waals surface area contributed by atoms with Crippen molar-refractivity contribution >= 4 is 11.6 Å². The van der Waals surface area contributed by atoms with E-state index in [-0.39, 0.29) is 11.5 Å². The molecule has 0 amide bonds. The number of aromatic nitrogens is 1. The smallest absolute Gasteiger partial charge is 0.263 e. The minimum atomic E-state index is -2.56. The van der Waals surface area contributed by atoms with Crippen molar-refractivity contribution in [1.29, 1.82) is 0 Å². The van der Waals surface area contributed by atoms with Gasteiger partial charge in [0.05, 0.1) is 5.02 Å². The van der Waals surface area contributed by atoms with E-state index in [2.05, 4.69) is 4.98 Å². The third-order valence-electron chi connectivity index (χ3n) is 6.18. The van der Waals surface area contributed by atoms with Crippen LogP contribution >= 0.6 is 11.6 Å². The molecule has 2 aliphatic rings. The molecule has 1 aliphatic carbocycles. The van der Waals surface area contributed by atoms with Gasteiger partial charge in [-0.15, -0.1) is 0 Å². The van der Waals surface area contributed by atoms with Gasteiger partial charge in [0.25, 0.3) is 6.43 Å². The Morgan fingerprint density at radius 3 is 2.42 bits per heavy atom. The molecular formula is C24H22ClF2NO3. The molecule has 4 nitrogen and oxygen atoms in total. The number of pyridine rings is 1. The van der Waals surface area contributed by atoms with Crippen LogP contribution in [0.25, 0.3) is 0 Å². The van der Waals surface area contributed by atoms with E-state index in [1.165, 1.54) is 18.3 Å². The summed E-state index contributed by atoms with van der Waals surface area (Å²) >= 11 is 6.12. The van der Waals surface area contributed by atoms with Gasteiger partial charge in [-0.3, -0.25) is 4.98 Å². The number of hydrogen-bond acceptors (Lipinski definition) is 4. The molecular weight excluding hydrogens is 424 g/mol. The summed E-state index contributed by atoms with van der Waals surface area (Å²) in [6.07, 6.45) is 0.0372. The largest absolute Gasteiger partial charge is 0.476 e. The van der Waals surface area contributed by atoms with E-state index in [1.54, 1.807) is 18.2 Å². The highest BCUT2D eigenvalue weighted by atomic mass is 35.5. The van der Waals surface area contributed by atoms with Crippen molar-refractivity contribution in [2.24, 2.45) is 0 Å². The first-order chi connectivity index (χ1) is 15.0. The Kier molecular flexibility index (Phi) is 5.73. The molecule has 1 aromatic heterocycles. The fourth-order valence-corrected chi connectivity index (χ4v) is 5.07. The van der Waals surface area contributed by atoms with Crippen LogP contribution < -0.4 is 4.74 Å². The number of alkyl halides is 2. The molecule has 1 fully saturated rings. The van der Waals surface area contributed by atoms with Crippen molar-refractivity contribution in [3.8, 4) is 5.75 Å². The molecule has 162 valence electrons. The molecule has 0 saturated heterocycles. The van der Waals surface area contributed by atoms with Gasteiger partial charge in [0.15, 0.2) is 11.2 Å². The maximum atomic E-state index is 13.1. The molecule has 1 saturated carbocycles. The lowest BCUT2D eigenvalue weighted by atomic mass is 9.72. The molecule has 1 aliphatic heterocycles. The molecule has 2 N–H and O–H groups in total. The van der Waals surface area contributed by atoms with Crippen LogP contribution in [-0.4, -0.2) is 22.3 Å². The van der Waals surface area contributed by atoms with Crippen molar-refractivity contribution < 1.29 is 23.7 Å². The van der Waals surface area contributed by atoms with Gasteiger partial charge in [-0.25, -0.2) is 8.78 Å². The molecule has 0 spiro atoms. The van der Waals surface area contributed by atoms with Gasteiger partial charge < -0.3 is 14.9 Å². The lowest BCUT2D eigenvalue weighted by Gasteiger charge is -2.40. The first kappa shape index (κ1) is 21.7. The molecule has 3 atom stereocenters. The fourth-order valence-electron chi connectivity index (χ4n) is 4.92. The molecule has 3 unspecified atom stereocenters. The van der Waals surface area contributed by atoms with Crippen molar-refractivity contribution in [1.82, 2.24) is 4.98 Å². The lowest BCUT2D eigenvalue weighted by Crippen LogP contribution is -2.48. The van der Waals surface area contributed by atoms with Crippen molar-refractivity contribution in [3.63, 3.8) is 0 Å². The summed E-state index contributed by atoms with van der Waals surface area (Å²) in [5.41, 5.74) is -0.530. The molecule has 5 rings (SSSR count). The second-order valence-electron chi connectivity index (χ2n) is 7.62. The minimum Gasteiger partial charge on any atom is -0.476 e. The Balaban J connectivity index is 0.00000112. The average molecular weight is 446 g/mol. The number of benzene rings is 2. The maximum absolute atomic E-state index is 13.1. The summed E-state index contributed by atoms with van der Waals surface area (Å²) in [4.78, 5) is 4.39. The van der Waals surface area contributed by atoms with E-state index in [1.807, 2.05) is 30.3 Å². The monoisotopic (exact) mass is 445 g/mol. The summed E-state index contributed by atoms with van der Waals surface area (Å²) in [7, 11) is 1.00. The zero-order chi connectivity index (χ0) is 22.2. The van der Waals surface area contributed by atoms with Gasteiger partial charge in [0.2, 0.25) is 0 Å². The first-order valence-corrected chi connectivity index (χ1v) is 10.3. The first-order valence-electron chi connectivity index (χ1n) is 9.91. The molecule has 7 heteroatoms. The number of halogens is 3. The highest BCUT2D eigenvalue weighted by Gasteiger charge is 2.69. The van der Waals surface area contributed by atoms with Crippen LogP contribution in [-0.2, 0) is 11.2 Å². The van der Waals surface area contributed by atoms with Gasteiger partial charge in [0, 0.05) is 30.9 Å². The highest BCUT2D eigenvalue weighted by Crippen LogP contribution is 2.66. The van der Waals surface area contributed by atoms with Crippen LogP contribution in [0.4, 0.5) is 8.78 Å². The highest BCUT2D eigenvalue weighted by molar-refractivity contribution is 6.30. The number of rotatable bonds is 3. The Morgan fingerprint density at radius 1 is 1.10 bits per heavy atom.